The van der Waals surface area contributed by atoms with Crippen LogP contribution in [0.5, 0.6) is 0 Å². The molecule has 7 heteroatoms. The first-order chi connectivity index (χ1) is 10.9. The van der Waals surface area contributed by atoms with Crippen LogP contribution < -0.4 is 0 Å². The number of aryl methyl sites for hydroxylation is 1. The maximum atomic E-state index is 13.3. The fraction of sp³-hybridized carbons (Fsp3) is 0.294. The average Bonchev–Trinajstić information content (AvgIpc) is 2.41. The van der Waals surface area contributed by atoms with Gasteiger partial charge in [-0.05, 0) is 24.1 Å². The van der Waals surface area contributed by atoms with Crippen molar-refractivity contribution in [2.24, 2.45) is 0 Å². The zero-order valence-electron chi connectivity index (χ0n) is 13.0. The van der Waals surface area contributed by atoms with Crippen LogP contribution in [0.2, 0.25) is 0 Å². The normalized spacial score (nSPS) is 16.6. The molecule has 0 atom stereocenters. The van der Waals surface area contributed by atoms with Crippen LogP contribution in [0.15, 0.2) is 59.5 Å². The summed E-state index contributed by atoms with van der Waals surface area (Å²) >= 11 is 0. The Hall–Kier alpha value is -2.18. The van der Waals surface area contributed by atoms with E-state index in [0.29, 0.717) is 10.5 Å². The molecular formula is C17H15F6N. The van der Waals surface area contributed by atoms with Gasteiger partial charge in [-0.3, -0.25) is 0 Å². The molecule has 0 aliphatic carbocycles. The van der Waals surface area contributed by atoms with E-state index in [1.165, 1.54) is 0 Å². The quantitative estimate of drug-likeness (QED) is 0.656. The average molecular weight is 347 g/mol. The van der Waals surface area contributed by atoms with Gasteiger partial charge in [0.15, 0.2) is 0 Å². The fourth-order valence-electron chi connectivity index (χ4n) is 2.57. The van der Waals surface area contributed by atoms with Crippen LogP contribution in [-0.2, 0) is 6.42 Å². The maximum absolute atomic E-state index is 13.3. The molecule has 2 rings (SSSR count). The van der Waals surface area contributed by atoms with Gasteiger partial charge in [0, 0.05) is 19.2 Å². The minimum atomic E-state index is -4.90. The van der Waals surface area contributed by atoms with Gasteiger partial charge in [-0.1, -0.05) is 36.4 Å². The zero-order chi connectivity index (χ0) is 18.3. The molecule has 0 fully saturated rings. The van der Waals surface area contributed by atoms with E-state index < -0.39 is 23.6 Å². The van der Waals surface area contributed by atoms with Gasteiger partial charge in [-0.2, -0.15) is 26.3 Å². The highest BCUT2D eigenvalue weighted by atomic mass is 19.4. The largest absolute Gasteiger partial charge is 0.431 e. The summed E-state index contributed by atoms with van der Waals surface area (Å²) in [5, 5.41) is 0. The summed E-state index contributed by atoms with van der Waals surface area (Å²) in [5.74, 6) is 0. The molecule has 1 aromatic rings. The van der Waals surface area contributed by atoms with Crippen LogP contribution >= 0.6 is 0 Å². The number of likely N-dealkylation sites (N-methyl/N-ethyl adjacent to an activating group) is 1. The molecule has 0 unspecified atom stereocenters. The van der Waals surface area contributed by atoms with Crippen molar-refractivity contribution in [1.29, 1.82) is 0 Å². The Morgan fingerprint density at radius 3 is 2.17 bits per heavy atom. The van der Waals surface area contributed by atoms with Gasteiger partial charge in [-0.25, -0.2) is 0 Å². The lowest BCUT2D eigenvalue weighted by Gasteiger charge is -2.33. The van der Waals surface area contributed by atoms with E-state index in [1.807, 2.05) is 0 Å². The molecular weight excluding hydrogens is 332 g/mol. The van der Waals surface area contributed by atoms with Crippen molar-refractivity contribution in [3.05, 3.63) is 70.6 Å². The SMILES string of the molecule is C=C1C(Cc2cccc(C)c2)=C(C(F)(F)F)C=C(C(F)(F)F)N1C. The second kappa shape index (κ2) is 6.03. The number of rotatable bonds is 2. The molecule has 1 aliphatic rings. The standard InChI is InChI=1S/C17H15F6N/c1-10-5-4-6-12(7-10)8-13-11(2)24(3)15(17(21,22)23)9-14(13)16(18,19)20/h4-7,9H,2,8H2,1,3H3. The summed E-state index contributed by atoms with van der Waals surface area (Å²) in [6, 6.07) is 6.79. The second-order valence-electron chi connectivity index (χ2n) is 5.59. The van der Waals surface area contributed by atoms with E-state index in [-0.39, 0.29) is 23.8 Å². The van der Waals surface area contributed by atoms with E-state index in [2.05, 4.69) is 6.58 Å². The number of nitrogens with zero attached hydrogens (tertiary/aromatic N) is 1. The van der Waals surface area contributed by atoms with Crippen LogP contribution in [0.1, 0.15) is 11.1 Å². The Labute approximate surface area is 135 Å². The summed E-state index contributed by atoms with van der Waals surface area (Å²) < 4.78 is 78.9. The Balaban J connectivity index is 2.60. The van der Waals surface area contributed by atoms with E-state index in [9.17, 15) is 26.3 Å². The third kappa shape index (κ3) is 3.66. The Kier molecular flexibility index (Phi) is 4.57. The van der Waals surface area contributed by atoms with Crippen molar-refractivity contribution in [2.75, 3.05) is 7.05 Å². The molecule has 0 bridgehead atoms. The highest BCUT2D eigenvalue weighted by molar-refractivity contribution is 5.50. The van der Waals surface area contributed by atoms with E-state index >= 15 is 0 Å². The summed E-state index contributed by atoms with van der Waals surface area (Å²) in [7, 11) is 1.06. The molecule has 130 valence electrons. The number of hydrogen-bond acceptors (Lipinski definition) is 1. The van der Waals surface area contributed by atoms with Crippen LogP contribution in [0.25, 0.3) is 0 Å². The maximum Gasteiger partial charge on any atom is 0.431 e. The van der Waals surface area contributed by atoms with Gasteiger partial charge in [0.1, 0.15) is 5.70 Å². The van der Waals surface area contributed by atoms with E-state index in [0.717, 1.165) is 12.6 Å². The summed E-state index contributed by atoms with van der Waals surface area (Å²) in [6.07, 6.45) is -9.80. The second-order valence-corrected chi connectivity index (χ2v) is 5.59. The van der Waals surface area contributed by atoms with Crippen LogP contribution in [0.4, 0.5) is 26.3 Å². The fourth-order valence-corrected chi connectivity index (χ4v) is 2.57. The molecule has 0 spiro atoms. The van der Waals surface area contributed by atoms with Gasteiger partial charge >= 0.3 is 12.4 Å². The minimum absolute atomic E-state index is 0.151. The zero-order valence-corrected chi connectivity index (χ0v) is 13.0. The number of hydrogen-bond donors (Lipinski definition) is 0. The Morgan fingerprint density at radius 1 is 1.04 bits per heavy atom. The lowest BCUT2D eigenvalue weighted by atomic mass is 9.92. The predicted molar refractivity (Wildman–Crippen MR) is 79.0 cm³/mol. The smallest absolute Gasteiger partial charge is 0.341 e. The number of benzene rings is 1. The van der Waals surface area contributed by atoms with Crippen molar-refractivity contribution in [3.63, 3.8) is 0 Å². The lowest BCUT2D eigenvalue weighted by Crippen LogP contribution is -2.34. The van der Waals surface area contributed by atoms with Gasteiger partial charge in [-0.15, -0.1) is 0 Å². The van der Waals surface area contributed by atoms with Crippen molar-refractivity contribution in [3.8, 4) is 0 Å². The molecule has 1 aliphatic heterocycles. The lowest BCUT2D eigenvalue weighted by molar-refractivity contribution is -0.110. The monoisotopic (exact) mass is 347 g/mol. The van der Waals surface area contributed by atoms with Gasteiger partial charge < -0.3 is 4.90 Å². The van der Waals surface area contributed by atoms with Gasteiger partial charge in [0.25, 0.3) is 0 Å². The van der Waals surface area contributed by atoms with Gasteiger partial charge in [0.05, 0.1) is 5.57 Å². The number of halogens is 6. The van der Waals surface area contributed by atoms with Crippen molar-refractivity contribution >= 4 is 0 Å². The highest BCUT2D eigenvalue weighted by Gasteiger charge is 2.45. The van der Waals surface area contributed by atoms with E-state index in [4.69, 9.17) is 0 Å². The molecule has 1 heterocycles. The Morgan fingerprint density at radius 2 is 1.67 bits per heavy atom. The number of alkyl halides is 6. The molecule has 0 radical (unpaired) electrons. The first-order valence-corrected chi connectivity index (χ1v) is 6.99. The van der Waals surface area contributed by atoms with Crippen LogP contribution in [0, 0.1) is 6.92 Å². The predicted octanol–water partition coefficient (Wildman–Crippen LogP) is 5.30. The molecule has 0 amide bonds. The van der Waals surface area contributed by atoms with Crippen LogP contribution in [0.3, 0.4) is 0 Å². The molecule has 24 heavy (non-hydrogen) atoms. The molecule has 1 nitrogen and oxygen atoms in total. The van der Waals surface area contributed by atoms with Crippen molar-refractivity contribution in [1.82, 2.24) is 4.90 Å². The summed E-state index contributed by atoms with van der Waals surface area (Å²) in [6.45, 7) is 5.23. The minimum Gasteiger partial charge on any atom is -0.341 e. The Bertz CT molecular complexity index is 721. The topological polar surface area (TPSA) is 3.24 Å². The molecule has 0 N–H and O–H groups in total. The van der Waals surface area contributed by atoms with Crippen molar-refractivity contribution < 1.29 is 26.3 Å². The van der Waals surface area contributed by atoms with Crippen LogP contribution in [-0.4, -0.2) is 24.3 Å². The third-order valence-electron chi connectivity index (χ3n) is 3.78. The molecule has 0 saturated carbocycles. The third-order valence-corrected chi connectivity index (χ3v) is 3.78. The molecule has 0 aromatic heterocycles. The number of allylic oxidation sites excluding steroid dienone is 4. The first kappa shape index (κ1) is 18.2. The molecule has 0 saturated heterocycles. The molecule has 1 aromatic carbocycles. The highest BCUT2D eigenvalue weighted by Crippen LogP contribution is 2.42. The van der Waals surface area contributed by atoms with Gasteiger partial charge in [0.2, 0.25) is 0 Å². The summed E-state index contributed by atoms with van der Waals surface area (Å²) in [4.78, 5) is 0.653. The van der Waals surface area contributed by atoms with Crippen molar-refractivity contribution in [2.45, 2.75) is 25.7 Å². The van der Waals surface area contributed by atoms with E-state index in [1.54, 1.807) is 31.2 Å². The first-order valence-electron chi connectivity index (χ1n) is 6.99. The summed E-state index contributed by atoms with van der Waals surface area (Å²) in [5.41, 5.74) is -1.83.